The summed E-state index contributed by atoms with van der Waals surface area (Å²) in [5.41, 5.74) is 1.96. The number of carbonyl (C=O) groups is 1. The van der Waals surface area contributed by atoms with Crippen molar-refractivity contribution in [3.8, 4) is 0 Å². The zero-order valence-corrected chi connectivity index (χ0v) is 11.4. The Hall–Kier alpha value is -0.940. The Kier molecular flexibility index (Phi) is 3.49. The fourth-order valence-electron chi connectivity index (χ4n) is 2.25. The molecule has 17 heavy (non-hydrogen) atoms. The van der Waals surface area contributed by atoms with Crippen molar-refractivity contribution in [2.75, 3.05) is 18.5 Å². The lowest BCUT2D eigenvalue weighted by Gasteiger charge is -2.24. The molecule has 0 radical (unpaired) electrons. The van der Waals surface area contributed by atoms with Crippen LogP contribution in [0.15, 0.2) is 10.9 Å². The molecule has 5 heteroatoms. The van der Waals surface area contributed by atoms with Crippen LogP contribution in [0, 0.1) is 5.41 Å². The van der Waals surface area contributed by atoms with E-state index in [2.05, 4.69) is 24.1 Å². The topological polar surface area (TPSA) is 45.2 Å². The highest BCUT2D eigenvalue weighted by molar-refractivity contribution is 7.07. The molecule has 1 aliphatic heterocycles. The van der Waals surface area contributed by atoms with Crippen molar-refractivity contribution >= 4 is 23.1 Å². The van der Waals surface area contributed by atoms with Gasteiger partial charge in [0.25, 0.3) is 0 Å². The third kappa shape index (κ3) is 2.66. The molecule has 0 aliphatic carbocycles. The lowest BCUT2D eigenvalue weighted by Crippen LogP contribution is -2.44. The molecular weight excluding hydrogens is 234 g/mol. The number of nitrogens with zero attached hydrogens (tertiary/aromatic N) is 2. The molecular formula is C12H19N3OS. The van der Waals surface area contributed by atoms with Crippen LogP contribution < -0.4 is 10.2 Å². The maximum atomic E-state index is 12.4. The van der Waals surface area contributed by atoms with Gasteiger partial charge in [-0.1, -0.05) is 13.8 Å². The second-order valence-corrected chi connectivity index (χ2v) is 6.01. The highest BCUT2D eigenvalue weighted by atomic mass is 32.1. The Balaban J connectivity index is 2.26. The minimum Gasteiger partial charge on any atom is -0.309 e. The summed E-state index contributed by atoms with van der Waals surface area (Å²) >= 11 is 1.53. The van der Waals surface area contributed by atoms with E-state index in [0.717, 1.165) is 25.2 Å². The zero-order chi connectivity index (χ0) is 12.5. The molecule has 0 saturated carbocycles. The van der Waals surface area contributed by atoms with Gasteiger partial charge in [-0.2, -0.15) is 0 Å². The van der Waals surface area contributed by atoms with Crippen molar-refractivity contribution in [1.82, 2.24) is 10.3 Å². The van der Waals surface area contributed by atoms with E-state index in [-0.39, 0.29) is 17.4 Å². The monoisotopic (exact) mass is 253 g/mol. The maximum absolute atomic E-state index is 12.4. The van der Waals surface area contributed by atoms with Gasteiger partial charge in [-0.25, -0.2) is 4.98 Å². The highest BCUT2D eigenvalue weighted by Gasteiger charge is 2.35. The molecule has 2 heterocycles. The van der Waals surface area contributed by atoms with Crippen molar-refractivity contribution in [3.63, 3.8) is 0 Å². The number of anilines is 1. The van der Waals surface area contributed by atoms with Crippen LogP contribution in [0.5, 0.6) is 0 Å². The number of rotatable bonds is 2. The molecule has 0 bridgehead atoms. The molecule has 4 nitrogen and oxygen atoms in total. The first-order valence-corrected chi connectivity index (χ1v) is 6.84. The van der Waals surface area contributed by atoms with Crippen molar-refractivity contribution in [1.29, 1.82) is 0 Å². The number of hydrogen-bond acceptors (Lipinski definition) is 4. The minimum absolute atomic E-state index is 0.103. The number of amides is 1. The average molecular weight is 253 g/mol. The summed E-state index contributed by atoms with van der Waals surface area (Å²) in [6.45, 7) is 5.19. The van der Waals surface area contributed by atoms with Gasteiger partial charge in [-0.15, -0.1) is 11.3 Å². The number of aromatic nitrogens is 1. The highest BCUT2D eigenvalue weighted by Crippen LogP contribution is 2.32. The maximum Gasteiger partial charge on any atom is 0.245 e. The van der Waals surface area contributed by atoms with Gasteiger partial charge in [-0.05, 0) is 25.3 Å². The van der Waals surface area contributed by atoms with Crippen molar-refractivity contribution in [2.45, 2.75) is 32.7 Å². The number of hydrogen-bond donors (Lipinski definition) is 1. The van der Waals surface area contributed by atoms with Crippen molar-refractivity contribution < 1.29 is 4.79 Å². The quantitative estimate of drug-likeness (QED) is 0.875. The first kappa shape index (κ1) is 12.5. The summed E-state index contributed by atoms with van der Waals surface area (Å²) in [4.78, 5) is 18.4. The fraction of sp³-hybridized carbons (Fsp3) is 0.667. The standard InChI is InChI=1S/C12H19N3OS/c1-12(2)4-5-15(10-7-17-8-14-10)11(16)9(6-12)13-3/h7-9,13H,4-6H2,1-3H3. The predicted molar refractivity (Wildman–Crippen MR) is 70.3 cm³/mol. The Bertz CT molecular complexity index is 388. The number of nitrogens with one attached hydrogen (secondary N) is 1. The van der Waals surface area contributed by atoms with Gasteiger partial charge in [0.05, 0.1) is 11.6 Å². The van der Waals surface area contributed by atoms with E-state index in [4.69, 9.17) is 0 Å². The average Bonchev–Trinajstić information content (AvgIpc) is 2.75. The molecule has 2 rings (SSSR count). The van der Waals surface area contributed by atoms with E-state index < -0.39 is 0 Å². The van der Waals surface area contributed by atoms with Gasteiger partial charge in [0, 0.05) is 11.9 Å². The van der Waals surface area contributed by atoms with Gasteiger partial charge in [-0.3, -0.25) is 9.69 Å². The second kappa shape index (κ2) is 4.74. The molecule has 1 N–H and O–H groups in total. The van der Waals surface area contributed by atoms with Gasteiger partial charge in [0.15, 0.2) is 0 Å². The summed E-state index contributed by atoms with van der Waals surface area (Å²) in [5.74, 6) is 0.932. The van der Waals surface area contributed by atoms with Crippen LogP contribution in [-0.4, -0.2) is 30.5 Å². The fourth-order valence-corrected chi connectivity index (χ4v) is 2.79. The molecule has 1 aliphatic rings. The van der Waals surface area contributed by atoms with E-state index in [1.165, 1.54) is 11.3 Å². The molecule has 0 spiro atoms. The van der Waals surface area contributed by atoms with Crippen molar-refractivity contribution in [2.24, 2.45) is 5.41 Å². The SMILES string of the molecule is CNC1CC(C)(C)CCN(c2cscn2)C1=O. The third-order valence-corrected chi connectivity index (χ3v) is 3.95. The molecule has 1 aromatic rings. The van der Waals surface area contributed by atoms with Crippen LogP contribution in [0.1, 0.15) is 26.7 Å². The van der Waals surface area contributed by atoms with Gasteiger partial charge in [0.2, 0.25) is 5.91 Å². The van der Waals surface area contributed by atoms with Crippen molar-refractivity contribution in [3.05, 3.63) is 10.9 Å². The van der Waals surface area contributed by atoms with Gasteiger partial charge in [0.1, 0.15) is 5.82 Å². The molecule has 1 atom stereocenters. The van der Waals surface area contributed by atoms with Gasteiger partial charge >= 0.3 is 0 Å². The summed E-state index contributed by atoms with van der Waals surface area (Å²) in [6.07, 6.45) is 1.89. The Morgan fingerprint density at radius 3 is 2.94 bits per heavy atom. The summed E-state index contributed by atoms with van der Waals surface area (Å²) in [7, 11) is 1.85. The molecule has 1 amide bonds. The first-order chi connectivity index (χ1) is 8.03. The van der Waals surface area contributed by atoms with Crippen LogP contribution in [0.4, 0.5) is 5.82 Å². The normalized spacial score (nSPS) is 24.8. The Morgan fingerprint density at radius 1 is 1.59 bits per heavy atom. The summed E-state index contributed by atoms with van der Waals surface area (Å²) in [5, 5.41) is 5.06. The smallest absolute Gasteiger partial charge is 0.245 e. The number of thiazole rings is 1. The molecule has 1 unspecified atom stereocenters. The van der Waals surface area contributed by atoms with Crippen LogP contribution in [0.3, 0.4) is 0 Å². The molecule has 94 valence electrons. The second-order valence-electron chi connectivity index (χ2n) is 5.30. The van der Waals surface area contributed by atoms with E-state index >= 15 is 0 Å². The third-order valence-electron chi connectivity index (χ3n) is 3.38. The summed E-state index contributed by atoms with van der Waals surface area (Å²) < 4.78 is 0. The Labute approximate surface area is 106 Å². The summed E-state index contributed by atoms with van der Waals surface area (Å²) in [6, 6.07) is -0.103. The largest absolute Gasteiger partial charge is 0.309 e. The van der Waals surface area contributed by atoms with Crippen LogP contribution in [0.2, 0.25) is 0 Å². The minimum atomic E-state index is -0.103. The number of carbonyl (C=O) groups excluding carboxylic acids is 1. The Morgan fingerprint density at radius 2 is 2.35 bits per heavy atom. The molecule has 1 fully saturated rings. The lowest BCUT2D eigenvalue weighted by molar-refractivity contribution is -0.120. The van der Waals surface area contributed by atoms with Crippen LogP contribution in [0.25, 0.3) is 0 Å². The molecule has 0 aromatic carbocycles. The molecule has 1 saturated heterocycles. The van der Waals surface area contributed by atoms with Crippen LogP contribution >= 0.6 is 11.3 Å². The predicted octanol–water partition coefficient (Wildman–Crippen LogP) is 1.88. The van der Waals surface area contributed by atoms with Crippen LogP contribution in [-0.2, 0) is 4.79 Å². The van der Waals surface area contributed by atoms with E-state index in [9.17, 15) is 4.79 Å². The van der Waals surface area contributed by atoms with E-state index in [0.29, 0.717) is 0 Å². The zero-order valence-electron chi connectivity index (χ0n) is 10.6. The molecule has 1 aromatic heterocycles. The number of likely N-dealkylation sites (N-methyl/N-ethyl adjacent to an activating group) is 1. The van der Waals surface area contributed by atoms with E-state index in [1.54, 1.807) is 5.51 Å². The van der Waals surface area contributed by atoms with Gasteiger partial charge < -0.3 is 5.32 Å². The lowest BCUT2D eigenvalue weighted by atomic mass is 9.83. The van der Waals surface area contributed by atoms with E-state index in [1.807, 2.05) is 17.3 Å². The first-order valence-electron chi connectivity index (χ1n) is 5.90.